The molecular weight excluding hydrogens is 476 g/mol. The summed E-state index contributed by atoms with van der Waals surface area (Å²) in [6, 6.07) is 16.4. The number of pyridine rings is 2. The zero-order valence-corrected chi connectivity index (χ0v) is 22.7. The molecule has 0 aliphatic rings. The summed E-state index contributed by atoms with van der Waals surface area (Å²) in [6.45, 7) is 10.8. The van der Waals surface area contributed by atoms with E-state index < -0.39 is 0 Å². The smallest absolute Gasteiger partial charge is 0.326 e. The lowest BCUT2D eigenvalue weighted by Crippen LogP contribution is -2.39. The van der Waals surface area contributed by atoms with E-state index >= 15 is 0 Å². The van der Waals surface area contributed by atoms with Gasteiger partial charge >= 0.3 is 6.03 Å². The van der Waals surface area contributed by atoms with Gasteiger partial charge in [0.05, 0.1) is 0 Å². The number of hydrogen-bond acceptors (Lipinski definition) is 4. The number of phenols is 1. The second kappa shape index (κ2) is 11.5. The molecular formula is C31H36N4O3. The lowest BCUT2D eigenvalue weighted by molar-refractivity contribution is 0.256. The van der Waals surface area contributed by atoms with Crippen molar-refractivity contribution < 1.29 is 9.90 Å². The van der Waals surface area contributed by atoms with Crippen LogP contribution in [0.5, 0.6) is 5.75 Å². The zero-order chi connectivity index (χ0) is 27.4. The minimum Gasteiger partial charge on any atom is -0.507 e. The second-order valence-electron chi connectivity index (χ2n) is 10.2. The molecule has 38 heavy (non-hydrogen) atoms. The third-order valence-corrected chi connectivity index (χ3v) is 6.76. The highest BCUT2D eigenvalue weighted by atomic mass is 16.3. The van der Waals surface area contributed by atoms with E-state index in [0.29, 0.717) is 17.9 Å². The molecule has 0 spiro atoms. The number of fused-ring (bicyclic) bond motifs is 1. The molecule has 198 valence electrons. The van der Waals surface area contributed by atoms with Gasteiger partial charge in [0.15, 0.2) is 0 Å². The average molecular weight is 513 g/mol. The molecule has 4 rings (SSSR count). The van der Waals surface area contributed by atoms with Gasteiger partial charge in [0.1, 0.15) is 17.1 Å². The van der Waals surface area contributed by atoms with Crippen LogP contribution in [0.1, 0.15) is 70.4 Å². The number of hydrogen-bond donors (Lipinski definition) is 3. The van der Waals surface area contributed by atoms with Gasteiger partial charge in [-0.05, 0) is 71.3 Å². The van der Waals surface area contributed by atoms with Crippen LogP contribution in [0.4, 0.5) is 16.2 Å². The molecule has 3 N–H and O–H groups in total. The van der Waals surface area contributed by atoms with Crippen molar-refractivity contribution in [2.24, 2.45) is 0 Å². The standard InChI is InChI=1S/C31H36N4O3/c1-6-7-15-35(26-18-21-11-10-14-32-29(21)34-30(26)37)31(38)33-28-24(19(2)3)16-22(17-25(28)20(4)5)23-12-8-9-13-27(23)36/h8-14,16-20,36H,6-7,15H2,1-5H3,(H,33,38)(H,32,34,37). The van der Waals surface area contributed by atoms with Gasteiger partial charge in [0.25, 0.3) is 5.56 Å². The first kappa shape index (κ1) is 26.9. The molecule has 0 aliphatic heterocycles. The van der Waals surface area contributed by atoms with Gasteiger partial charge in [-0.25, -0.2) is 9.78 Å². The van der Waals surface area contributed by atoms with Crippen LogP contribution in [0.3, 0.4) is 0 Å². The Bertz CT molecular complexity index is 1480. The number of unbranched alkanes of at least 4 members (excludes halogenated alkanes) is 1. The monoisotopic (exact) mass is 512 g/mol. The van der Waals surface area contributed by atoms with Crippen LogP contribution in [0.25, 0.3) is 22.2 Å². The minimum atomic E-state index is -0.356. The Hall–Kier alpha value is -4.13. The maximum Gasteiger partial charge on any atom is 0.326 e. The number of H-pyrrole nitrogens is 1. The molecule has 0 bridgehead atoms. The maximum absolute atomic E-state index is 13.9. The number of amides is 2. The maximum atomic E-state index is 13.9. The molecule has 0 saturated carbocycles. The first-order valence-corrected chi connectivity index (χ1v) is 13.2. The molecule has 2 aromatic heterocycles. The molecule has 0 fully saturated rings. The predicted octanol–water partition coefficient (Wildman–Crippen LogP) is 7.38. The summed E-state index contributed by atoms with van der Waals surface area (Å²) in [5.74, 6) is 0.421. The number of carbonyl (C=O) groups excluding carboxylic acids is 1. The summed E-state index contributed by atoms with van der Waals surface area (Å²) in [5.41, 5.74) is 4.75. The number of carbonyl (C=O) groups is 1. The summed E-state index contributed by atoms with van der Waals surface area (Å²) < 4.78 is 0. The highest BCUT2D eigenvalue weighted by Crippen LogP contribution is 2.39. The summed E-state index contributed by atoms with van der Waals surface area (Å²) in [5, 5.41) is 14.4. The highest BCUT2D eigenvalue weighted by Gasteiger charge is 2.24. The summed E-state index contributed by atoms with van der Waals surface area (Å²) in [4.78, 5) is 35.5. The highest BCUT2D eigenvalue weighted by molar-refractivity contribution is 6.03. The van der Waals surface area contributed by atoms with Gasteiger partial charge in [-0.15, -0.1) is 0 Å². The van der Waals surface area contributed by atoms with Crippen molar-refractivity contribution in [2.75, 3.05) is 16.8 Å². The van der Waals surface area contributed by atoms with Crippen LogP contribution >= 0.6 is 0 Å². The van der Waals surface area contributed by atoms with Crippen molar-refractivity contribution in [1.29, 1.82) is 0 Å². The SMILES string of the molecule is CCCCN(C(=O)Nc1c(C(C)C)cc(-c2ccccc2O)cc1C(C)C)c1cc2cccnc2[nH]c1=O. The number of urea groups is 1. The number of benzene rings is 2. The number of rotatable bonds is 8. The summed E-state index contributed by atoms with van der Waals surface area (Å²) in [6.07, 6.45) is 3.25. The fourth-order valence-corrected chi connectivity index (χ4v) is 4.66. The van der Waals surface area contributed by atoms with E-state index in [9.17, 15) is 14.7 Å². The number of nitrogens with zero attached hydrogens (tertiary/aromatic N) is 2. The van der Waals surface area contributed by atoms with E-state index in [1.807, 2.05) is 30.3 Å². The Morgan fingerprint density at radius 3 is 2.34 bits per heavy atom. The molecule has 0 aliphatic carbocycles. The fraction of sp³-hybridized carbons (Fsp3) is 0.323. The van der Waals surface area contributed by atoms with E-state index in [1.54, 1.807) is 30.5 Å². The van der Waals surface area contributed by atoms with E-state index in [4.69, 9.17) is 0 Å². The largest absolute Gasteiger partial charge is 0.507 e. The van der Waals surface area contributed by atoms with Gasteiger partial charge in [0.2, 0.25) is 0 Å². The van der Waals surface area contributed by atoms with Crippen LogP contribution in [0.15, 0.2) is 65.6 Å². The lowest BCUT2D eigenvalue weighted by Gasteiger charge is -2.27. The normalized spacial score (nSPS) is 11.3. The van der Waals surface area contributed by atoms with Crippen molar-refractivity contribution in [1.82, 2.24) is 9.97 Å². The molecule has 2 amide bonds. The van der Waals surface area contributed by atoms with Crippen molar-refractivity contribution in [3.63, 3.8) is 0 Å². The number of aromatic hydroxyl groups is 1. The van der Waals surface area contributed by atoms with Crippen molar-refractivity contribution >= 4 is 28.4 Å². The van der Waals surface area contributed by atoms with Crippen LogP contribution in [-0.4, -0.2) is 27.7 Å². The molecule has 4 aromatic rings. The average Bonchev–Trinajstić information content (AvgIpc) is 2.89. The third-order valence-electron chi connectivity index (χ3n) is 6.76. The number of aromatic amines is 1. The fourth-order valence-electron chi connectivity index (χ4n) is 4.66. The van der Waals surface area contributed by atoms with Crippen molar-refractivity contribution in [3.8, 4) is 16.9 Å². The first-order valence-electron chi connectivity index (χ1n) is 13.2. The summed E-state index contributed by atoms with van der Waals surface area (Å²) >= 11 is 0. The molecule has 7 heteroatoms. The molecule has 0 radical (unpaired) electrons. The third kappa shape index (κ3) is 5.57. The molecule has 0 atom stereocenters. The Morgan fingerprint density at radius 1 is 1.03 bits per heavy atom. The summed E-state index contributed by atoms with van der Waals surface area (Å²) in [7, 11) is 0. The Balaban J connectivity index is 1.81. The van der Waals surface area contributed by atoms with Gasteiger partial charge in [-0.3, -0.25) is 9.69 Å². The minimum absolute atomic E-state index is 0.104. The molecule has 7 nitrogen and oxygen atoms in total. The quantitative estimate of drug-likeness (QED) is 0.229. The van der Waals surface area contributed by atoms with Crippen LogP contribution in [0, 0.1) is 0 Å². The van der Waals surface area contributed by atoms with Gasteiger partial charge in [0, 0.05) is 29.4 Å². The Kier molecular flexibility index (Phi) is 8.15. The van der Waals surface area contributed by atoms with Gasteiger partial charge < -0.3 is 15.4 Å². The van der Waals surface area contributed by atoms with E-state index in [2.05, 4.69) is 49.9 Å². The van der Waals surface area contributed by atoms with Crippen molar-refractivity contribution in [2.45, 2.75) is 59.3 Å². The molecule has 0 saturated heterocycles. The number of anilines is 2. The zero-order valence-electron chi connectivity index (χ0n) is 22.7. The van der Waals surface area contributed by atoms with E-state index in [1.165, 1.54) is 4.90 Å². The lowest BCUT2D eigenvalue weighted by atomic mass is 9.88. The molecule has 0 unspecified atom stereocenters. The number of nitrogens with one attached hydrogen (secondary N) is 2. The van der Waals surface area contributed by atoms with E-state index in [0.717, 1.165) is 46.2 Å². The molecule has 2 aromatic carbocycles. The van der Waals surface area contributed by atoms with Crippen LogP contribution < -0.4 is 15.8 Å². The Labute approximate surface area is 223 Å². The van der Waals surface area contributed by atoms with Crippen LogP contribution in [0.2, 0.25) is 0 Å². The Morgan fingerprint density at radius 2 is 1.71 bits per heavy atom. The molecule has 2 heterocycles. The van der Waals surface area contributed by atoms with E-state index in [-0.39, 0.29) is 29.2 Å². The predicted molar refractivity (Wildman–Crippen MR) is 155 cm³/mol. The topological polar surface area (TPSA) is 98.3 Å². The number of phenolic OH excluding ortho intramolecular Hbond substituents is 1. The number of aromatic nitrogens is 2. The van der Waals surface area contributed by atoms with Crippen molar-refractivity contribution in [3.05, 3.63) is 82.3 Å². The first-order chi connectivity index (χ1) is 18.2. The second-order valence-corrected chi connectivity index (χ2v) is 10.2. The van der Waals surface area contributed by atoms with Gasteiger partial charge in [-0.2, -0.15) is 0 Å². The van der Waals surface area contributed by atoms with Gasteiger partial charge in [-0.1, -0.05) is 59.2 Å². The van der Waals surface area contributed by atoms with Crippen LogP contribution in [-0.2, 0) is 0 Å². The number of para-hydroxylation sites is 1.